The molecular weight excluding hydrogens is 251 g/mol. The summed E-state index contributed by atoms with van der Waals surface area (Å²) in [5.41, 5.74) is 0.234. The van der Waals surface area contributed by atoms with Crippen molar-refractivity contribution in [3.63, 3.8) is 0 Å². The summed E-state index contributed by atoms with van der Waals surface area (Å²) >= 11 is 0. The van der Waals surface area contributed by atoms with E-state index in [1.54, 1.807) is 0 Å². The number of carbonyl (C=O) groups is 1. The van der Waals surface area contributed by atoms with Gasteiger partial charge in [-0.15, -0.1) is 0 Å². The first-order chi connectivity index (χ1) is 8.31. The predicted octanol–water partition coefficient (Wildman–Crippen LogP) is 2.50. The minimum absolute atomic E-state index is 0.119. The zero-order chi connectivity index (χ0) is 13.8. The van der Waals surface area contributed by atoms with Gasteiger partial charge in [-0.05, 0) is 13.0 Å². The smallest absolute Gasteiger partial charge is 0.390 e. The van der Waals surface area contributed by atoms with Gasteiger partial charge in [0.25, 0.3) is 0 Å². The highest BCUT2D eigenvalue weighted by Crippen LogP contribution is 2.21. The van der Waals surface area contributed by atoms with E-state index in [1.165, 1.54) is 26.4 Å². The van der Waals surface area contributed by atoms with Crippen LogP contribution in [0, 0.1) is 0 Å². The van der Waals surface area contributed by atoms with E-state index < -0.39 is 24.6 Å². The second-order valence-corrected chi connectivity index (χ2v) is 3.89. The van der Waals surface area contributed by atoms with Crippen LogP contribution in [-0.2, 0) is 11.3 Å². The molecule has 102 valence electrons. The Morgan fingerprint density at radius 1 is 1.56 bits per heavy atom. The number of ether oxygens (including phenoxy) is 1. The largest absolute Gasteiger partial charge is 0.467 e. The minimum atomic E-state index is -4.20. The van der Waals surface area contributed by atoms with E-state index in [4.69, 9.17) is 4.42 Å². The van der Waals surface area contributed by atoms with Crippen LogP contribution in [0.1, 0.15) is 29.5 Å². The second kappa shape index (κ2) is 5.90. The molecule has 0 amide bonds. The number of carbonyl (C=O) groups excluding carboxylic acids is 1. The molecule has 0 aliphatic carbocycles. The Hall–Kier alpha value is -1.50. The molecular formula is C11H14F3NO3. The molecule has 1 aromatic rings. The van der Waals surface area contributed by atoms with E-state index >= 15 is 0 Å². The molecule has 4 nitrogen and oxygen atoms in total. The summed E-state index contributed by atoms with van der Waals surface area (Å²) in [7, 11) is 1.23. The van der Waals surface area contributed by atoms with Crippen molar-refractivity contribution in [3.8, 4) is 0 Å². The molecule has 0 radical (unpaired) electrons. The summed E-state index contributed by atoms with van der Waals surface area (Å²) in [6.07, 6.45) is -3.92. The third kappa shape index (κ3) is 4.79. The molecule has 0 saturated heterocycles. The summed E-state index contributed by atoms with van der Waals surface area (Å²) < 4.78 is 45.7. The normalized spacial score (nSPS) is 13.4. The van der Waals surface area contributed by atoms with Crippen molar-refractivity contribution in [2.24, 2.45) is 0 Å². The van der Waals surface area contributed by atoms with Crippen molar-refractivity contribution >= 4 is 5.97 Å². The number of furan rings is 1. The maximum atomic E-state index is 12.1. The van der Waals surface area contributed by atoms with E-state index in [9.17, 15) is 18.0 Å². The van der Waals surface area contributed by atoms with Crippen molar-refractivity contribution in [1.82, 2.24) is 5.32 Å². The summed E-state index contributed by atoms with van der Waals surface area (Å²) in [5, 5.41) is 2.66. The number of methoxy groups -OCH3 is 1. The van der Waals surface area contributed by atoms with Gasteiger partial charge in [-0.25, -0.2) is 4.79 Å². The lowest BCUT2D eigenvalue weighted by atomic mass is 10.2. The molecule has 0 bridgehead atoms. The lowest BCUT2D eigenvalue weighted by Gasteiger charge is -2.14. The first-order valence-corrected chi connectivity index (χ1v) is 5.27. The van der Waals surface area contributed by atoms with Crippen LogP contribution in [0.25, 0.3) is 0 Å². The Morgan fingerprint density at radius 2 is 2.22 bits per heavy atom. The number of alkyl halides is 3. The van der Waals surface area contributed by atoms with Gasteiger partial charge in [0.05, 0.1) is 25.6 Å². The van der Waals surface area contributed by atoms with Gasteiger partial charge >= 0.3 is 12.1 Å². The van der Waals surface area contributed by atoms with Crippen molar-refractivity contribution in [1.29, 1.82) is 0 Å². The number of esters is 1. The van der Waals surface area contributed by atoms with Gasteiger partial charge in [0.15, 0.2) is 0 Å². The van der Waals surface area contributed by atoms with Crippen LogP contribution in [0.5, 0.6) is 0 Å². The number of hydrogen-bond donors (Lipinski definition) is 1. The molecule has 1 aromatic heterocycles. The van der Waals surface area contributed by atoms with Crippen molar-refractivity contribution in [2.45, 2.75) is 32.1 Å². The van der Waals surface area contributed by atoms with E-state index in [0.29, 0.717) is 5.76 Å². The standard InChI is InChI=1S/C11H14F3NO3/c1-7(4-11(12,13)14)15-5-9-3-8(6-18-9)10(16)17-2/h3,6-7,15H,4-5H2,1-2H3. The van der Waals surface area contributed by atoms with Crippen LogP contribution in [0.2, 0.25) is 0 Å². The molecule has 0 aliphatic rings. The molecule has 1 unspecified atom stereocenters. The van der Waals surface area contributed by atoms with Crippen LogP contribution in [0.4, 0.5) is 13.2 Å². The number of halogens is 3. The van der Waals surface area contributed by atoms with Crippen molar-refractivity contribution in [2.75, 3.05) is 7.11 Å². The fraction of sp³-hybridized carbons (Fsp3) is 0.545. The predicted molar refractivity (Wildman–Crippen MR) is 57.0 cm³/mol. The van der Waals surface area contributed by atoms with Gasteiger partial charge in [0, 0.05) is 6.04 Å². The van der Waals surface area contributed by atoms with Gasteiger partial charge in [0.2, 0.25) is 0 Å². The Bertz CT molecular complexity index is 400. The monoisotopic (exact) mass is 265 g/mol. The third-order valence-electron chi connectivity index (χ3n) is 2.24. The average molecular weight is 265 g/mol. The SMILES string of the molecule is COC(=O)c1coc(CNC(C)CC(F)(F)F)c1. The third-order valence-corrected chi connectivity index (χ3v) is 2.24. The number of rotatable bonds is 5. The quantitative estimate of drug-likeness (QED) is 0.831. The van der Waals surface area contributed by atoms with Gasteiger partial charge in [0.1, 0.15) is 12.0 Å². The first-order valence-electron chi connectivity index (χ1n) is 5.27. The molecule has 0 aliphatic heterocycles. The highest BCUT2D eigenvalue weighted by molar-refractivity contribution is 5.88. The average Bonchev–Trinajstić information content (AvgIpc) is 2.71. The zero-order valence-corrected chi connectivity index (χ0v) is 10.0. The Morgan fingerprint density at radius 3 is 2.78 bits per heavy atom. The van der Waals surface area contributed by atoms with Gasteiger partial charge in [-0.2, -0.15) is 13.2 Å². The maximum Gasteiger partial charge on any atom is 0.390 e. The molecule has 1 N–H and O–H groups in total. The van der Waals surface area contributed by atoms with Crippen LogP contribution >= 0.6 is 0 Å². The number of hydrogen-bond acceptors (Lipinski definition) is 4. The minimum Gasteiger partial charge on any atom is -0.467 e. The van der Waals surface area contributed by atoms with Crippen LogP contribution in [-0.4, -0.2) is 25.3 Å². The molecule has 7 heteroatoms. The van der Waals surface area contributed by atoms with Crippen LogP contribution < -0.4 is 5.32 Å². The van der Waals surface area contributed by atoms with E-state index in [-0.39, 0.29) is 12.1 Å². The molecule has 0 saturated carbocycles. The van der Waals surface area contributed by atoms with Gasteiger partial charge in [-0.3, -0.25) is 0 Å². The molecule has 1 atom stereocenters. The molecule has 1 heterocycles. The summed E-state index contributed by atoms with van der Waals surface area (Å²) in [5.74, 6) is -0.169. The zero-order valence-electron chi connectivity index (χ0n) is 10.0. The second-order valence-electron chi connectivity index (χ2n) is 3.89. The highest BCUT2D eigenvalue weighted by atomic mass is 19.4. The summed E-state index contributed by atoms with van der Waals surface area (Å²) in [4.78, 5) is 11.1. The fourth-order valence-electron chi connectivity index (χ4n) is 1.39. The van der Waals surface area contributed by atoms with Crippen molar-refractivity contribution < 1.29 is 27.1 Å². The molecule has 0 aromatic carbocycles. The Kier molecular flexibility index (Phi) is 4.77. The molecule has 18 heavy (non-hydrogen) atoms. The fourth-order valence-corrected chi connectivity index (χ4v) is 1.39. The maximum absolute atomic E-state index is 12.1. The van der Waals surface area contributed by atoms with E-state index in [1.807, 2.05) is 0 Å². The lowest BCUT2D eigenvalue weighted by molar-refractivity contribution is -0.139. The van der Waals surface area contributed by atoms with E-state index in [2.05, 4.69) is 10.1 Å². The number of nitrogens with one attached hydrogen (secondary N) is 1. The van der Waals surface area contributed by atoms with Crippen LogP contribution in [0.15, 0.2) is 16.7 Å². The Balaban J connectivity index is 2.44. The summed E-state index contributed by atoms with van der Waals surface area (Å²) in [6.45, 7) is 1.55. The highest BCUT2D eigenvalue weighted by Gasteiger charge is 2.29. The van der Waals surface area contributed by atoms with Gasteiger partial charge < -0.3 is 14.5 Å². The Labute approximate surface area is 102 Å². The lowest BCUT2D eigenvalue weighted by Crippen LogP contribution is -2.30. The topological polar surface area (TPSA) is 51.5 Å². The van der Waals surface area contributed by atoms with E-state index in [0.717, 1.165) is 0 Å². The first kappa shape index (κ1) is 14.6. The molecule has 0 spiro atoms. The van der Waals surface area contributed by atoms with Crippen molar-refractivity contribution in [3.05, 3.63) is 23.7 Å². The molecule has 1 rings (SSSR count). The molecule has 0 fully saturated rings. The van der Waals surface area contributed by atoms with Crippen LogP contribution in [0.3, 0.4) is 0 Å². The van der Waals surface area contributed by atoms with Gasteiger partial charge in [-0.1, -0.05) is 0 Å². The summed E-state index contributed by atoms with van der Waals surface area (Å²) in [6, 6.07) is 0.704.